The highest BCUT2D eigenvalue weighted by atomic mass is 16.6. The van der Waals surface area contributed by atoms with Crippen LogP contribution in [0.3, 0.4) is 0 Å². The fraction of sp³-hybridized carbons (Fsp3) is 0.423. The molecule has 0 aliphatic carbocycles. The fourth-order valence-electron chi connectivity index (χ4n) is 3.10. The Hall–Kier alpha value is -3.95. The van der Waals surface area contributed by atoms with E-state index < -0.39 is 23.7 Å². The SMILES string of the molecule is CN(C)c1ccc(N=Nc2ccc(C(=O)NCCCC[C@H](NC(=O)OC(C)(C)C)C(=O)O)cc2)cc1. The number of carbonyl (C=O) groups excluding carboxylic acids is 2. The van der Waals surface area contributed by atoms with Crippen molar-refractivity contribution >= 4 is 35.0 Å². The van der Waals surface area contributed by atoms with E-state index in [0.717, 1.165) is 11.4 Å². The van der Waals surface area contributed by atoms with Crippen molar-refractivity contribution in [3.8, 4) is 0 Å². The van der Waals surface area contributed by atoms with Crippen molar-refractivity contribution in [2.45, 2.75) is 51.7 Å². The Morgan fingerprint density at radius 2 is 1.50 bits per heavy atom. The molecule has 10 nitrogen and oxygen atoms in total. The summed E-state index contributed by atoms with van der Waals surface area (Å²) in [7, 11) is 3.94. The van der Waals surface area contributed by atoms with Crippen molar-refractivity contribution < 1.29 is 24.2 Å². The van der Waals surface area contributed by atoms with Crippen molar-refractivity contribution in [1.29, 1.82) is 0 Å². The molecule has 3 N–H and O–H groups in total. The maximum Gasteiger partial charge on any atom is 0.408 e. The minimum atomic E-state index is -1.13. The molecule has 0 fully saturated rings. The molecule has 0 saturated carbocycles. The van der Waals surface area contributed by atoms with Crippen LogP contribution in [0, 0.1) is 0 Å². The molecule has 0 aliphatic rings. The topological polar surface area (TPSA) is 133 Å². The molecule has 0 spiro atoms. The van der Waals surface area contributed by atoms with E-state index in [2.05, 4.69) is 20.9 Å². The number of anilines is 1. The first-order chi connectivity index (χ1) is 16.9. The number of carboxylic acid groups (broad SMARTS) is 1. The van der Waals surface area contributed by atoms with Crippen LogP contribution in [0.4, 0.5) is 21.9 Å². The number of unbranched alkanes of at least 4 members (excludes halogenated alkanes) is 1. The zero-order chi connectivity index (χ0) is 26.7. The Kier molecular flexibility index (Phi) is 10.4. The van der Waals surface area contributed by atoms with Gasteiger partial charge in [-0.25, -0.2) is 9.59 Å². The molecule has 10 heteroatoms. The zero-order valence-electron chi connectivity index (χ0n) is 21.4. The maximum atomic E-state index is 12.4. The highest BCUT2D eigenvalue weighted by Gasteiger charge is 2.23. The lowest BCUT2D eigenvalue weighted by Gasteiger charge is -2.22. The van der Waals surface area contributed by atoms with Gasteiger partial charge in [-0.15, -0.1) is 0 Å². The summed E-state index contributed by atoms with van der Waals surface area (Å²) in [5.41, 5.74) is 2.20. The van der Waals surface area contributed by atoms with E-state index >= 15 is 0 Å². The highest BCUT2D eigenvalue weighted by molar-refractivity contribution is 5.94. The summed E-state index contributed by atoms with van der Waals surface area (Å²) in [6, 6.07) is 13.4. The Bertz CT molecular complexity index is 1040. The smallest absolute Gasteiger partial charge is 0.408 e. The number of hydrogen-bond donors (Lipinski definition) is 3. The second-order valence-corrected chi connectivity index (χ2v) is 9.45. The van der Waals surface area contributed by atoms with Crippen LogP contribution in [-0.4, -0.2) is 55.4 Å². The molecule has 0 bridgehead atoms. The van der Waals surface area contributed by atoms with E-state index in [9.17, 15) is 19.5 Å². The van der Waals surface area contributed by atoms with Crippen LogP contribution in [0.15, 0.2) is 58.8 Å². The number of amides is 2. The molecular formula is C26H35N5O5. The molecule has 2 rings (SSSR count). The molecule has 0 unspecified atom stereocenters. The third-order valence-electron chi connectivity index (χ3n) is 4.97. The predicted octanol–water partition coefficient (Wildman–Crippen LogP) is 5.05. The van der Waals surface area contributed by atoms with E-state index in [4.69, 9.17) is 4.74 Å². The number of ether oxygens (including phenoxy) is 1. The van der Waals surface area contributed by atoms with Gasteiger partial charge in [0.25, 0.3) is 5.91 Å². The van der Waals surface area contributed by atoms with Crippen LogP contribution in [-0.2, 0) is 9.53 Å². The standard InChI is InChI=1S/C26H35N5O5/c1-26(2,3)36-25(35)28-22(24(33)34)8-6-7-17-27-23(32)18-9-11-19(12-10-18)29-30-20-13-15-21(16-14-20)31(4)5/h9-16,22H,6-8,17H2,1-5H3,(H,27,32)(H,28,35)(H,33,34)/t22-/m0/s1. The average Bonchev–Trinajstić information content (AvgIpc) is 2.81. The van der Waals surface area contributed by atoms with E-state index in [-0.39, 0.29) is 12.3 Å². The Balaban J connectivity index is 1.76. The number of nitrogens with one attached hydrogen (secondary N) is 2. The van der Waals surface area contributed by atoms with Gasteiger partial charge >= 0.3 is 12.1 Å². The summed E-state index contributed by atoms with van der Waals surface area (Å²) >= 11 is 0. The third-order valence-corrected chi connectivity index (χ3v) is 4.97. The molecule has 2 aromatic rings. The fourth-order valence-corrected chi connectivity index (χ4v) is 3.10. The number of aliphatic carboxylic acids is 1. The van der Waals surface area contributed by atoms with Gasteiger partial charge in [-0.1, -0.05) is 0 Å². The largest absolute Gasteiger partial charge is 0.480 e. The van der Waals surface area contributed by atoms with Gasteiger partial charge in [-0.3, -0.25) is 4.79 Å². The van der Waals surface area contributed by atoms with Crippen molar-refractivity contribution in [3.63, 3.8) is 0 Å². The van der Waals surface area contributed by atoms with E-state index in [0.29, 0.717) is 30.6 Å². The van der Waals surface area contributed by atoms with E-state index in [1.165, 1.54) is 0 Å². The quantitative estimate of drug-likeness (QED) is 0.294. The first-order valence-corrected chi connectivity index (χ1v) is 11.7. The molecule has 0 aliphatic heterocycles. The van der Waals surface area contributed by atoms with Gasteiger partial charge in [0.2, 0.25) is 0 Å². The van der Waals surface area contributed by atoms with E-state index in [1.807, 2.05) is 43.3 Å². The normalized spacial score (nSPS) is 12.1. The van der Waals surface area contributed by atoms with Crippen LogP contribution in [0.1, 0.15) is 50.4 Å². The average molecular weight is 498 g/mol. The minimum absolute atomic E-state index is 0.224. The first kappa shape index (κ1) is 28.3. The molecule has 0 heterocycles. The van der Waals surface area contributed by atoms with Crippen LogP contribution in [0.25, 0.3) is 0 Å². The predicted molar refractivity (Wildman–Crippen MR) is 138 cm³/mol. The lowest BCUT2D eigenvalue weighted by Crippen LogP contribution is -2.43. The van der Waals surface area contributed by atoms with Gasteiger partial charge in [0.05, 0.1) is 11.4 Å². The van der Waals surface area contributed by atoms with Gasteiger partial charge in [0.1, 0.15) is 11.6 Å². The second kappa shape index (κ2) is 13.2. The van der Waals surface area contributed by atoms with Gasteiger partial charge in [0.15, 0.2) is 0 Å². The van der Waals surface area contributed by atoms with Gasteiger partial charge in [-0.05, 0) is 88.6 Å². The highest BCUT2D eigenvalue weighted by Crippen LogP contribution is 2.21. The van der Waals surface area contributed by atoms with Crippen LogP contribution in [0.2, 0.25) is 0 Å². The molecule has 2 aromatic carbocycles. The molecule has 194 valence electrons. The van der Waals surface area contributed by atoms with Crippen molar-refractivity contribution in [2.24, 2.45) is 10.2 Å². The maximum absolute atomic E-state index is 12.4. The van der Waals surface area contributed by atoms with Crippen molar-refractivity contribution in [2.75, 3.05) is 25.5 Å². The van der Waals surface area contributed by atoms with Gasteiger partial charge < -0.3 is 25.4 Å². The van der Waals surface area contributed by atoms with Crippen LogP contribution in [0.5, 0.6) is 0 Å². The molecule has 1 atom stereocenters. The van der Waals surface area contributed by atoms with Crippen molar-refractivity contribution in [3.05, 3.63) is 54.1 Å². The molecule has 36 heavy (non-hydrogen) atoms. The number of nitrogens with zero attached hydrogens (tertiary/aromatic N) is 3. The molecule has 0 saturated heterocycles. The van der Waals surface area contributed by atoms with Crippen molar-refractivity contribution in [1.82, 2.24) is 10.6 Å². The second-order valence-electron chi connectivity index (χ2n) is 9.45. The number of alkyl carbamates (subject to hydrolysis) is 1. The first-order valence-electron chi connectivity index (χ1n) is 11.7. The summed E-state index contributed by atoms with van der Waals surface area (Å²) in [4.78, 5) is 37.6. The van der Waals surface area contributed by atoms with Gasteiger partial charge in [0, 0.05) is 31.9 Å². The number of hydrogen-bond acceptors (Lipinski definition) is 7. The third kappa shape index (κ3) is 10.1. The Morgan fingerprint density at radius 3 is 2.00 bits per heavy atom. The molecule has 0 aromatic heterocycles. The number of carbonyl (C=O) groups is 3. The van der Waals surface area contributed by atoms with Crippen LogP contribution < -0.4 is 15.5 Å². The number of benzene rings is 2. The Labute approximate surface area is 211 Å². The summed E-state index contributed by atoms with van der Waals surface area (Å²) in [6.07, 6.45) is 0.516. The monoisotopic (exact) mass is 497 g/mol. The summed E-state index contributed by atoms with van der Waals surface area (Å²) in [5.74, 6) is -1.37. The Morgan fingerprint density at radius 1 is 0.944 bits per heavy atom. The summed E-state index contributed by atoms with van der Waals surface area (Å²) in [6.45, 7) is 5.48. The molecule has 2 amide bonds. The summed E-state index contributed by atoms with van der Waals surface area (Å²) in [5, 5.41) is 22.9. The molecule has 0 radical (unpaired) electrons. The lowest BCUT2D eigenvalue weighted by molar-refractivity contribution is -0.139. The lowest BCUT2D eigenvalue weighted by atomic mass is 10.1. The molecular weight excluding hydrogens is 462 g/mol. The van der Waals surface area contributed by atoms with E-state index in [1.54, 1.807) is 45.0 Å². The minimum Gasteiger partial charge on any atom is -0.480 e. The zero-order valence-corrected chi connectivity index (χ0v) is 21.4. The number of rotatable bonds is 11. The number of azo groups is 1. The summed E-state index contributed by atoms with van der Waals surface area (Å²) < 4.78 is 5.10. The number of carboxylic acids is 1. The van der Waals surface area contributed by atoms with Crippen LogP contribution >= 0.6 is 0 Å². The van der Waals surface area contributed by atoms with Gasteiger partial charge in [-0.2, -0.15) is 10.2 Å².